The van der Waals surface area contributed by atoms with Gasteiger partial charge in [-0.2, -0.15) is 0 Å². The topological polar surface area (TPSA) is 41.1 Å². The summed E-state index contributed by atoms with van der Waals surface area (Å²) in [6.45, 7) is 6.36. The van der Waals surface area contributed by atoms with Crippen molar-refractivity contribution in [1.29, 1.82) is 0 Å². The summed E-state index contributed by atoms with van der Waals surface area (Å²) in [4.78, 5) is 12.2. The maximum atomic E-state index is 12.2. The molecule has 3 nitrogen and oxygen atoms in total. The molecule has 2 aliphatic rings. The van der Waals surface area contributed by atoms with Crippen LogP contribution in [0.1, 0.15) is 52.4 Å². The summed E-state index contributed by atoms with van der Waals surface area (Å²) in [6, 6.07) is 0.331. The molecule has 1 aliphatic heterocycles. The predicted molar refractivity (Wildman–Crippen MR) is 81.6 cm³/mol. The van der Waals surface area contributed by atoms with E-state index >= 15 is 0 Å². The van der Waals surface area contributed by atoms with Crippen molar-refractivity contribution in [2.75, 3.05) is 13.1 Å². The Kier molecular flexibility index (Phi) is 7.16. The van der Waals surface area contributed by atoms with Crippen LogP contribution in [0, 0.1) is 17.8 Å². The lowest BCUT2D eigenvalue weighted by molar-refractivity contribution is -0.126. The summed E-state index contributed by atoms with van der Waals surface area (Å²) < 4.78 is 0. The normalized spacial score (nSPS) is 29.6. The number of amides is 1. The van der Waals surface area contributed by atoms with Gasteiger partial charge < -0.3 is 10.6 Å². The fourth-order valence-corrected chi connectivity index (χ4v) is 3.36. The quantitative estimate of drug-likeness (QED) is 0.835. The van der Waals surface area contributed by atoms with E-state index < -0.39 is 0 Å². The zero-order valence-electron chi connectivity index (χ0n) is 12.3. The van der Waals surface area contributed by atoms with Crippen molar-refractivity contribution in [3.05, 3.63) is 0 Å². The zero-order valence-corrected chi connectivity index (χ0v) is 13.1. The van der Waals surface area contributed by atoms with Crippen LogP contribution in [0.5, 0.6) is 0 Å². The molecular weight excluding hydrogens is 260 g/mol. The lowest BCUT2D eigenvalue weighted by Gasteiger charge is -2.31. The van der Waals surface area contributed by atoms with Gasteiger partial charge in [-0.15, -0.1) is 12.4 Å². The van der Waals surface area contributed by atoms with E-state index in [-0.39, 0.29) is 24.2 Å². The second kappa shape index (κ2) is 8.11. The Labute approximate surface area is 123 Å². The van der Waals surface area contributed by atoms with Gasteiger partial charge in [0.2, 0.25) is 5.91 Å². The highest BCUT2D eigenvalue weighted by molar-refractivity contribution is 5.85. The fourth-order valence-electron chi connectivity index (χ4n) is 3.36. The highest BCUT2D eigenvalue weighted by Gasteiger charge is 2.26. The molecule has 3 unspecified atom stereocenters. The van der Waals surface area contributed by atoms with Crippen LogP contribution in [0.4, 0.5) is 0 Å². The average Bonchev–Trinajstić information content (AvgIpc) is 2.84. The number of hydrogen-bond acceptors (Lipinski definition) is 2. The standard InChI is InChI=1S/C15H28N2O.ClH/c1-11-7-8-16-10-14(11)17-15(18)12(2)9-13-5-3-4-6-13;/h11-14,16H,3-10H2,1-2H3,(H,17,18);1H. The molecule has 2 rings (SSSR count). The molecule has 1 heterocycles. The van der Waals surface area contributed by atoms with Crippen LogP contribution in [-0.4, -0.2) is 25.0 Å². The van der Waals surface area contributed by atoms with Crippen LogP contribution in [0.15, 0.2) is 0 Å². The van der Waals surface area contributed by atoms with Crippen LogP contribution in [0.2, 0.25) is 0 Å². The number of carbonyl (C=O) groups is 1. The third-order valence-electron chi connectivity index (χ3n) is 4.76. The van der Waals surface area contributed by atoms with E-state index in [9.17, 15) is 4.79 Å². The molecule has 1 saturated carbocycles. The monoisotopic (exact) mass is 288 g/mol. The average molecular weight is 289 g/mol. The van der Waals surface area contributed by atoms with Gasteiger partial charge in [-0.05, 0) is 31.2 Å². The molecule has 0 spiro atoms. The third-order valence-corrected chi connectivity index (χ3v) is 4.76. The van der Waals surface area contributed by atoms with Crippen LogP contribution >= 0.6 is 12.4 Å². The van der Waals surface area contributed by atoms with E-state index in [1.165, 1.54) is 32.1 Å². The summed E-state index contributed by atoms with van der Waals surface area (Å²) in [5.74, 6) is 1.85. The number of piperidine rings is 1. The summed E-state index contributed by atoms with van der Waals surface area (Å²) in [6.07, 6.45) is 7.64. The first kappa shape index (κ1) is 16.8. The molecule has 4 heteroatoms. The van der Waals surface area contributed by atoms with Crippen LogP contribution in [-0.2, 0) is 4.79 Å². The Balaban J connectivity index is 0.00000180. The number of carbonyl (C=O) groups excluding carboxylic acids is 1. The highest BCUT2D eigenvalue weighted by atomic mass is 35.5. The maximum absolute atomic E-state index is 12.2. The van der Waals surface area contributed by atoms with Crippen molar-refractivity contribution < 1.29 is 4.79 Å². The van der Waals surface area contributed by atoms with Gasteiger partial charge in [-0.25, -0.2) is 0 Å². The van der Waals surface area contributed by atoms with Crippen molar-refractivity contribution in [1.82, 2.24) is 10.6 Å². The van der Waals surface area contributed by atoms with E-state index in [1.54, 1.807) is 0 Å². The number of nitrogens with one attached hydrogen (secondary N) is 2. The molecule has 0 aromatic rings. The second-order valence-corrected chi connectivity index (χ2v) is 6.37. The van der Waals surface area contributed by atoms with E-state index in [2.05, 4.69) is 24.5 Å². The molecule has 1 amide bonds. The van der Waals surface area contributed by atoms with E-state index in [1.807, 2.05) is 0 Å². The molecule has 0 aromatic heterocycles. The van der Waals surface area contributed by atoms with Gasteiger partial charge in [0.25, 0.3) is 0 Å². The fraction of sp³-hybridized carbons (Fsp3) is 0.933. The predicted octanol–water partition coefficient (Wildman–Crippen LogP) is 2.74. The Morgan fingerprint density at radius 1 is 1.32 bits per heavy atom. The first-order valence-electron chi connectivity index (χ1n) is 7.68. The summed E-state index contributed by atoms with van der Waals surface area (Å²) in [7, 11) is 0. The molecule has 1 saturated heterocycles. The third kappa shape index (κ3) is 4.96. The van der Waals surface area contributed by atoms with Crippen LogP contribution < -0.4 is 10.6 Å². The minimum absolute atomic E-state index is 0. The molecule has 2 fully saturated rings. The second-order valence-electron chi connectivity index (χ2n) is 6.37. The minimum atomic E-state index is 0. The number of hydrogen-bond donors (Lipinski definition) is 2. The van der Waals surface area contributed by atoms with Gasteiger partial charge in [-0.1, -0.05) is 39.5 Å². The zero-order chi connectivity index (χ0) is 13.0. The van der Waals surface area contributed by atoms with Gasteiger partial charge in [0.1, 0.15) is 0 Å². The van der Waals surface area contributed by atoms with Gasteiger partial charge in [-0.3, -0.25) is 4.79 Å². The van der Waals surface area contributed by atoms with Crippen molar-refractivity contribution in [2.24, 2.45) is 17.8 Å². The Bertz CT molecular complexity index is 279. The molecule has 2 N–H and O–H groups in total. The molecule has 19 heavy (non-hydrogen) atoms. The first-order chi connectivity index (χ1) is 8.66. The molecule has 112 valence electrons. The molecule has 3 atom stereocenters. The Morgan fingerprint density at radius 2 is 2.00 bits per heavy atom. The Hall–Kier alpha value is -0.280. The van der Waals surface area contributed by atoms with Crippen molar-refractivity contribution in [3.8, 4) is 0 Å². The molecule has 0 bridgehead atoms. The molecule has 0 aromatic carbocycles. The lowest BCUT2D eigenvalue weighted by Crippen LogP contribution is -2.51. The number of rotatable bonds is 4. The number of halogens is 1. The summed E-state index contributed by atoms with van der Waals surface area (Å²) >= 11 is 0. The van der Waals surface area contributed by atoms with Crippen molar-refractivity contribution in [3.63, 3.8) is 0 Å². The van der Waals surface area contributed by atoms with E-state index in [0.717, 1.165) is 25.4 Å². The van der Waals surface area contributed by atoms with Gasteiger partial charge in [0.15, 0.2) is 0 Å². The Morgan fingerprint density at radius 3 is 2.63 bits per heavy atom. The maximum Gasteiger partial charge on any atom is 0.223 e. The highest BCUT2D eigenvalue weighted by Crippen LogP contribution is 2.30. The summed E-state index contributed by atoms with van der Waals surface area (Å²) in [5, 5.41) is 6.61. The summed E-state index contributed by atoms with van der Waals surface area (Å²) in [5.41, 5.74) is 0. The van der Waals surface area contributed by atoms with Crippen molar-refractivity contribution in [2.45, 2.75) is 58.4 Å². The van der Waals surface area contributed by atoms with Crippen LogP contribution in [0.25, 0.3) is 0 Å². The largest absolute Gasteiger partial charge is 0.352 e. The van der Waals surface area contributed by atoms with Gasteiger partial charge in [0, 0.05) is 18.5 Å². The lowest BCUT2D eigenvalue weighted by atomic mass is 9.91. The smallest absolute Gasteiger partial charge is 0.223 e. The minimum Gasteiger partial charge on any atom is -0.352 e. The van der Waals surface area contributed by atoms with Gasteiger partial charge >= 0.3 is 0 Å². The molecular formula is C15H29ClN2O. The molecule has 0 radical (unpaired) electrons. The van der Waals surface area contributed by atoms with Gasteiger partial charge in [0.05, 0.1) is 0 Å². The van der Waals surface area contributed by atoms with E-state index in [0.29, 0.717) is 12.0 Å². The SMILES string of the molecule is CC(CC1CCCC1)C(=O)NC1CNCCC1C.Cl. The van der Waals surface area contributed by atoms with Crippen LogP contribution in [0.3, 0.4) is 0 Å². The van der Waals surface area contributed by atoms with Crippen molar-refractivity contribution >= 4 is 18.3 Å². The molecule has 1 aliphatic carbocycles. The van der Waals surface area contributed by atoms with E-state index in [4.69, 9.17) is 0 Å². The first-order valence-corrected chi connectivity index (χ1v) is 7.68.